The van der Waals surface area contributed by atoms with E-state index in [4.69, 9.17) is 4.98 Å². The Hall–Kier alpha value is -2.52. The van der Waals surface area contributed by atoms with Crippen molar-refractivity contribution in [2.45, 2.75) is 63.8 Å². The summed E-state index contributed by atoms with van der Waals surface area (Å²) in [5.74, 6) is 0.330. The van der Waals surface area contributed by atoms with Crippen molar-refractivity contribution in [3.63, 3.8) is 0 Å². The average Bonchev–Trinajstić information content (AvgIpc) is 3.26. The molecule has 178 valence electrons. The lowest BCUT2D eigenvalue weighted by molar-refractivity contribution is -0.144. The average molecular weight is 472 g/mol. The number of aromatic nitrogens is 2. The van der Waals surface area contributed by atoms with Gasteiger partial charge in [-0.2, -0.15) is 0 Å². The Kier molecular flexibility index (Phi) is 7.93. The lowest BCUT2D eigenvalue weighted by Crippen LogP contribution is -2.53. The summed E-state index contributed by atoms with van der Waals surface area (Å²) >= 11 is 1.67. The SMILES string of the molecule is CCCc1cnc(Nc2cccc(C3CCN(C(=O)C4CCCCN4CC(=O)O)CC3)n2)s1. The fraction of sp³-hybridized carbons (Fsp3) is 0.583. The van der Waals surface area contributed by atoms with E-state index < -0.39 is 5.97 Å². The van der Waals surface area contributed by atoms with E-state index in [0.29, 0.717) is 25.6 Å². The maximum absolute atomic E-state index is 13.2. The van der Waals surface area contributed by atoms with Gasteiger partial charge < -0.3 is 15.3 Å². The number of carboxylic acids is 1. The van der Waals surface area contributed by atoms with E-state index in [0.717, 1.165) is 61.6 Å². The van der Waals surface area contributed by atoms with Crippen LogP contribution in [0.4, 0.5) is 10.9 Å². The molecule has 33 heavy (non-hydrogen) atoms. The highest BCUT2D eigenvalue weighted by molar-refractivity contribution is 7.15. The van der Waals surface area contributed by atoms with Crippen molar-refractivity contribution >= 4 is 34.2 Å². The number of aryl methyl sites for hydroxylation is 1. The van der Waals surface area contributed by atoms with Crippen molar-refractivity contribution in [3.8, 4) is 0 Å². The lowest BCUT2D eigenvalue weighted by Gasteiger charge is -2.39. The predicted molar refractivity (Wildman–Crippen MR) is 129 cm³/mol. The summed E-state index contributed by atoms with van der Waals surface area (Å²) in [6, 6.07) is 5.75. The van der Waals surface area contributed by atoms with E-state index in [1.54, 1.807) is 11.3 Å². The molecule has 8 nitrogen and oxygen atoms in total. The number of carbonyl (C=O) groups is 2. The summed E-state index contributed by atoms with van der Waals surface area (Å²) in [7, 11) is 0. The largest absolute Gasteiger partial charge is 0.480 e. The molecule has 0 radical (unpaired) electrons. The first kappa shape index (κ1) is 23.6. The van der Waals surface area contributed by atoms with Gasteiger partial charge >= 0.3 is 5.97 Å². The van der Waals surface area contributed by atoms with Crippen LogP contribution in [0.1, 0.15) is 61.9 Å². The molecule has 1 amide bonds. The summed E-state index contributed by atoms with van der Waals surface area (Å²) in [6.07, 6.45) is 8.49. The summed E-state index contributed by atoms with van der Waals surface area (Å²) in [5, 5.41) is 13.4. The molecule has 2 aliphatic rings. The molecule has 1 unspecified atom stereocenters. The van der Waals surface area contributed by atoms with Crippen LogP contribution in [0, 0.1) is 0 Å². The number of pyridine rings is 1. The minimum atomic E-state index is -0.868. The Morgan fingerprint density at radius 1 is 1.18 bits per heavy atom. The summed E-state index contributed by atoms with van der Waals surface area (Å²) in [4.78, 5) is 38.7. The molecule has 9 heteroatoms. The zero-order valence-electron chi connectivity index (χ0n) is 19.2. The first-order valence-electron chi connectivity index (χ1n) is 12.0. The Morgan fingerprint density at radius 2 is 2.00 bits per heavy atom. The molecule has 0 spiro atoms. The zero-order valence-corrected chi connectivity index (χ0v) is 20.0. The van der Waals surface area contributed by atoms with Gasteiger partial charge in [0, 0.05) is 35.8 Å². The van der Waals surface area contributed by atoms with Crippen LogP contribution in [0.15, 0.2) is 24.4 Å². The summed E-state index contributed by atoms with van der Waals surface area (Å²) in [6.45, 7) is 4.16. The minimum Gasteiger partial charge on any atom is -0.480 e. The number of nitrogens with zero attached hydrogens (tertiary/aromatic N) is 4. The van der Waals surface area contributed by atoms with Crippen LogP contribution in [0.5, 0.6) is 0 Å². The number of carboxylic acid groups (broad SMARTS) is 1. The molecule has 2 saturated heterocycles. The monoisotopic (exact) mass is 471 g/mol. The number of anilines is 2. The molecule has 0 aliphatic carbocycles. The third-order valence-corrected chi connectivity index (χ3v) is 7.49. The highest BCUT2D eigenvalue weighted by Gasteiger charge is 2.34. The van der Waals surface area contributed by atoms with Crippen molar-refractivity contribution in [2.24, 2.45) is 0 Å². The highest BCUT2D eigenvalue weighted by Crippen LogP contribution is 2.30. The van der Waals surface area contributed by atoms with Gasteiger partial charge in [-0.3, -0.25) is 14.5 Å². The van der Waals surface area contributed by atoms with Crippen molar-refractivity contribution in [2.75, 3.05) is 31.5 Å². The third-order valence-electron chi connectivity index (χ3n) is 6.52. The number of carbonyl (C=O) groups excluding carboxylic acids is 1. The van der Waals surface area contributed by atoms with Crippen LogP contribution >= 0.6 is 11.3 Å². The number of hydrogen-bond donors (Lipinski definition) is 2. The van der Waals surface area contributed by atoms with Gasteiger partial charge in [0.05, 0.1) is 12.6 Å². The normalized spacial score (nSPS) is 20.0. The molecule has 2 fully saturated rings. The standard InChI is InChI=1S/C24H33N5O3S/c1-2-6-18-15-25-24(33-18)27-21-9-5-7-19(26-21)17-10-13-28(14-11-17)23(32)20-8-3-4-12-29(20)16-22(30)31/h5,7,9,15,17,20H,2-4,6,8,10-14,16H2,1H3,(H,30,31)(H,25,26,27). The number of aliphatic carboxylic acids is 1. The van der Waals surface area contributed by atoms with Crippen LogP contribution in [0.2, 0.25) is 0 Å². The first-order valence-corrected chi connectivity index (χ1v) is 12.8. The van der Waals surface area contributed by atoms with Gasteiger partial charge in [-0.1, -0.05) is 25.8 Å². The fourth-order valence-corrected chi connectivity index (χ4v) is 5.75. The van der Waals surface area contributed by atoms with Crippen LogP contribution in [-0.4, -0.2) is 69.0 Å². The topological polar surface area (TPSA) is 98.7 Å². The molecule has 0 saturated carbocycles. The van der Waals surface area contributed by atoms with Gasteiger partial charge in [0.2, 0.25) is 5.91 Å². The molecule has 1 atom stereocenters. The third kappa shape index (κ3) is 6.09. The smallest absolute Gasteiger partial charge is 0.317 e. The molecule has 0 aromatic carbocycles. The van der Waals surface area contributed by atoms with E-state index in [2.05, 4.69) is 23.3 Å². The number of piperidine rings is 2. The summed E-state index contributed by atoms with van der Waals surface area (Å²) in [5.41, 5.74) is 1.04. The maximum atomic E-state index is 13.2. The van der Waals surface area contributed by atoms with Gasteiger partial charge in [-0.25, -0.2) is 9.97 Å². The van der Waals surface area contributed by atoms with E-state index >= 15 is 0 Å². The van der Waals surface area contributed by atoms with Gasteiger partial charge in [-0.05, 0) is 50.8 Å². The van der Waals surface area contributed by atoms with Crippen LogP contribution < -0.4 is 5.32 Å². The van der Waals surface area contributed by atoms with Gasteiger partial charge in [0.1, 0.15) is 5.82 Å². The number of likely N-dealkylation sites (tertiary alicyclic amines) is 2. The second-order valence-electron chi connectivity index (χ2n) is 8.93. The Balaban J connectivity index is 1.34. The zero-order chi connectivity index (χ0) is 23.2. The molecule has 2 aromatic heterocycles. The second-order valence-corrected chi connectivity index (χ2v) is 10.0. The number of nitrogens with one attached hydrogen (secondary N) is 1. The van der Waals surface area contributed by atoms with Crippen LogP contribution in [0.3, 0.4) is 0 Å². The number of rotatable bonds is 8. The van der Waals surface area contributed by atoms with E-state index in [-0.39, 0.29) is 18.5 Å². The van der Waals surface area contributed by atoms with Gasteiger partial charge in [0.15, 0.2) is 5.13 Å². The molecule has 2 N–H and O–H groups in total. The summed E-state index contributed by atoms with van der Waals surface area (Å²) < 4.78 is 0. The molecule has 4 rings (SSSR count). The highest BCUT2D eigenvalue weighted by atomic mass is 32.1. The van der Waals surface area contributed by atoms with Crippen molar-refractivity contribution in [1.29, 1.82) is 0 Å². The number of thiazole rings is 1. The van der Waals surface area contributed by atoms with Crippen molar-refractivity contribution in [1.82, 2.24) is 19.8 Å². The van der Waals surface area contributed by atoms with E-state index in [1.807, 2.05) is 28.1 Å². The van der Waals surface area contributed by atoms with E-state index in [9.17, 15) is 14.7 Å². The minimum absolute atomic E-state index is 0.0599. The van der Waals surface area contributed by atoms with Crippen molar-refractivity contribution < 1.29 is 14.7 Å². The van der Waals surface area contributed by atoms with Gasteiger partial charge in [-0.15, -0.1) is 11.3 Å². The van der Waals surface area contributed by atoms with E-state index in [1.165, 1.54) is 4.88 Å². The molecule has 2 aliphatic heterocycles. The van der Waals surface area contributed by atoms with Crippen LogP contribution in [0.25, 0.3) is 0 Å². The number of hydrogen-bond acceptors (Lipinski definition) is 7. The molecular formula is C24H33N5O3S. The first-order chi connectivity index (χ1) is 16.0. The van der Waals surface area contributed by atoms with Gasteiger partial charge in [0.25, 0.3) is 0 Å². The maximum Gasteiger partial charge on any atom is 0.317 e. The lowest BCUT2D eigenvalue weighted by atomic mass is 9.92. The fourth-order valence-electron chi connectivity index (χ4n) is 4.83. The predicted octanol–water partition coefficient (Wildman–Crippen LogP) is 3.88. The Bertz CT molecular complexity index is 957. The molecule has 0 bridgehead atoms. The van der Waals surface area contributed by atoms with Crippen molar-refractivity contribution in [3.05, 3.63) is 35.0 Å². The quantitative estimate of drug-likeness (QED) is 0.603. The van der Waals surface area contributed by atoms with Crippen LogP contribution in [-0.2, 0) is 16.0 Å². The molecule has 2 aromatic rings. The second kappa shape index (κ2) is 11.1. The Labute approximate surface area is 199 Å². The number of amides is 1. The molecule has 4 heterocycles. The molecular weight excluding hydrogens is 438 g/mol. The Morgan fingerprint density at radius 3 is 2.76 bits per heavy atom.